The Balaban J connectivity index is 1.87. The molecule has 2 aromatic carbocycles. The van der Waals surface area contributed by atoms with Gasteiger partial charge in [-0.2, -0.15) is 0 Å². The second-order valence-corrected chi connectivity index (χ2v) is 8.40. The lowest BCUT2D eigenvalue weighted by atomic mass is 10.1. The summed E-state index contributed by atoms with van der Waals surface area (Å²) in [7, 11) is 1.23. The molecule has 174 valence electrons. The lowest BCUT2D eigenvalue weighted by Gasteiger charge is -2.14. The molecule has 1 aliphatic heterocycles. The number of halogens is 3. The fourth-order valence-electron chi connectivity index (χ4n) is 2.89. The number of imide groups is 1. The van der Waals surface area contributed by atoms with Crippen molar-refractivity contribution in [2.75, 3.05) is 20.3 Å². The minimum Gasteiger partial charge on any atom is -0.490 e. The van der Waals surface area contributed by atoms with E-state index in [2.05, 4.69) is 4.74 Å². The van der Waals surface area contributed by atoms with Crippen molar-refractivity contribution in [1.82, 2.24) is 4.90 Å². The quantitative estimate of drug-likeness (QED) is 0.349. The number of rotatable bonds is 8. The predicted molar refractivity (Wildman–Crippen MR) is 123 cm³/mol. The van der Waals surface area contributed by atoms with Crippen molar-refractivity contribution in [2.24, 2.45) is 0 Å². The number of amides is 2. The van der Waals surface area contributed by atoms with Crippen molar-refractivity contribution < 1.29 is 33.0 Å². The smallest absolute Gasteiger partial charge is 0.343 e. The molecule has 1 heterocycles. The molecule has 0 N–H and O–H groups in total. The maximum atomic E-state index is 14.1. The summed E-state index contributed by atoms with van der Waals surface area (Å²) in [6.07, 6.45) is 1.46. The van der Waals surface area contributed by atoms with Gasteiger partial charge < -0.3 is 14.2 Å². The Morgan fingerprint density at radius 1 is 1.18 bits per heavy atom. The van der Waals surface area contributed by atoms with E-state index in [4.69, 9.17) is 32.7 Å². The first-order valence-corrected chi connectivity index (χ1v) is 11.2. The van der Waals surface area contributed by atoms with Crippen molar-refractivity contribution in [1.29, 1.82) is 0 Å². The Morgan fingerprint density at radius 3 is 2.61 bits per heavy atom. The zero-order valence-electron chi connectivity index (χ0n) is 17.5. The number of methoxy groups -OCH3 is 1. The normalized spacial score (nSPS) is 14.7. The molecule has 7 nitrogen and oxygen atoms in total. The lowest BCUT2D eigenvalue weighted by Crippen LogP contribution is -2.28. The summed E-state index contributed by atoms with van der Waals surface area (Å²) in [6.45, 7) is 1.38. The molecule has 2 amide bonds. The molecule has 0 saturated carbocycles. The number of thioether (sulfide) groups is 1. The van der Waals surface area contributed by atoms with E-state index in [1.165, 1.54) is 37.5 Å². The number of carbonyl (C=O) groups excluding carboxylic acids is 3. The summed E-state index contributed by atoms with van der Waals surface area (Å²) in [5, 5.41) is -0.304. The van der Waals surface area contributed by atoms with Crippen LogP contribution in [0.5, 0.6) is 11.5 Å². The van der Waals surface area contributed by atoms with E-state index in [0.29, 0.717) is 17.3 Å². The van der Waals surface area contributed by atoms with Gasteiger partial charge in [0.1, 0.15) is 5.82 Å². The first-order chi connectivity index (χ1) is 15.7. The van der Waals surface area contributed by atoms with Crippen LogP contribution in [-0.2, 0) is 20.9 Å². The lowest BCUT2D eigenvalue weighted by molar-refractivity contribution is -0.142. The van der Waals surface area contributed by atoms with Crippen LogP contribution in [-0.4, -0.2) is 42.3 Å². The minimum absolute atomic E-state index is 0.0523. The third-order valence-corrected chi connectivity index (χ3v) is 5.99. The molecule has 1 aliphatic rings. The van der Waals surface area contributed by atoms with Crippen LogP contribution < -0.4 is 9.47 Å². The van der Waals surface area contributed by atoms with E-state index >= 15 is 0 Å². The highest BCUT2D eigenvalue weighted by atomic mass is 35.5. The van der Waals surface area contributed by atoms with E-state index in [1.54, 1.807) is 13.0 Å². The van der Waals surface area contributed by atoms with Crippen LogP contribution in [0.1, 0.15) is 18.1 Å². The number of nitrogens with zero attached hydrogens (tertiary/aromatic N) is 1. The first-order valence-electron chi connectivity index (χ1n) is 9.59. The van der Waals surface area contributed by atoms with Gasteiger partial charge >= 0.3 is 5.97 Å². The summed E-state index contributed by atoms with van der Waals surface area (Å²) in [6, 6.07) is 7.18. The maximum Gasteiger partial charge on any atom is 0.343 e. The summed E-state index contributed by atoms with van der Waals surface area (Å²) in [5.41, 5.74) is 0.514. The van der Waals surface area contributed by atoms with Gasteiger partial charge in [0.05, 0.1) is 30.2 Å². The second-order valence-electron chi connectivity index (χ2n) is 6.60. The molecule has 1 fully saturated rings. The molecule has 0 atom stereocenters. The van der Waals surface area contributed by atoms with E-state index in [1.807, 2.05) is 0 Å². The van der Waals surface area contributed by atoms with Crippen molar-refractivity contribution in [3.63, 3.8) is 0 Å². The van der Waals surface area contributed by atoms with Crippen LogP contribution in [0.4, 0.5) is 9.18 Å². The largest absolute Gasteiger partial charge is 0.490 e. The SMILES string of the molecule is CCOc1cc(/C=C2\SC(=O)N(Cc3c(F)cccc3Cl)C2=O)cc(Cl)c1OCC(=O)OC. The molecule has 0 bridgehead atoms. The van der Waals surface area contributed by atoms with Crippen LogP contribution in [0.2, 0.25) is 10.0 Å². The maximum absolute atomic E-state index is 14.1. The Labute approximate surface area is 203 Å². The third kappa shape index (κ3) is 5.79. The van der Waals surface area contributed by atoms with Gasteiger partial charge in [-0.15, -0.1) is 0 Å². The van der Waals surface area contributed by atoms with Gasteiger partial charge in [-0.1, -0.05) is 29.3 Å². The van der Waals surface area contributed by atoms with E-state index in [9.17, 15) is 18.8 Å². The molecule has 33 heavy (non-hydrogen) atoms. The topological polar surface area (TPSA) is 82.1 Å². The Kier molecular flexibility index (Phi) is 8.23. The van der Waals surface area contributed by atoms with Crippen LogP contribution >= 0.6 is 35.0 Å². The van der Waals surface area contributed by atoms with Gasteiger partial charge in [0, 0.05) is 10.6 Å². The molecule has 3 rings (SSSR count). The number of esters is 1. The van der Waals surface area contributed by atoms with Gasteiger partial charge in [0.2, 0.25) is 0 Å². The van der Waals surface area contributed by atoms with Crippen molar-refractivity contribution in [3.8, 4) is 11.5 Å². The monoisotopic (exact) mass is 513 g/mol. The Morgan fingerprint density at radius 2 is 1.94 bits per heavy atom. The van der Waals surface area contributed by atoms with Crippen LogP contribution in [0.15, 0.2) is 35.2 Å². The Bertz CT molecular complexity index is 1120. The van der Waals surface area contributed by atoms with E-state index in [-0.39, 0.29) is 51.8 Å². The molecule has 0 radical (unpaired) electrons. The van der Waals surface area contributed by atoms with E-state index < -0.39 is 22.9 Å². The molecular formula is C22H18Cl2FNO6S. The molecule has 1 saturated heterocycles. The fraction of sp³-hybridized carbons (Fsp3) is 0.227. The number of hydrogen-bond donors (Lipinski definition) is 0. The minimum atomic E-state index is -0.610. The van der Waals surface area contributed by atoms with Gasteiger partial charge in [-0.3, -0.25) is 14.5 Å². The molecule has 0 unspecified atom stereocenters. The summed E-state index contributed by atoms with van der Waals surface area (Å²) >= 11 is 13.0. The van der Waals surface area contributed by atoms with Crippen LogP contribution in [0, 0.1) is 5.82 Å². The second kappa shape index (κ2) is 10.9. The van der Waals surface area contributed by atoms with Crippen molar-refractivity contribution in [3.05, 3.63) is 62.2 Å². The molecule has 11 heteroatoms. The first kappa shape index (κ1) is 24.9. The van der Waals surface area contributed by atoms with Gasteiger partial charge in [0.15, 0.2) is 18.1 Å². The van der Waals surface area contributed by atoms with Crippen molar-refractivity contribution in [2.45, 2.75) is 13.5 Å². The van der Waals surface area contributed by atoms with Crippen molar-refractivity contribution >= 4 is 58.2 Å². The molecule has 2 aromatic rings. The number of ether oxygens (including phenoxy) is 3. The molecule has 0 aliphatic carbocycles. The Hall–Kier alpha value is -2.75. The molecular weight excluding hydrogens is 496 g/mol. The standard InChI is InChI=1S/C22H18Cl2FNO6S/c1-3-31-17-8-12(7-15(24)20(17)32-11-19(27)30-2)9-18-21(28)26(22(29)33-18)10-13-14(23)5-4-6-16(13)25/h4-9H,3,10-11H2,1-2H3/b18-9-. The predicted octanol–water partition coefficient (Wildman–Crippen LogP) is 5.32. The van der Waals surface area contributed by atoms with E-state index in [0.717, 1.165) is 4.90 Å². The average molecular weight is 514 g/mol. The average Bonchev–Trinajstić information content (AvgIpc) is 3.02. The van der Waals surface area contributed by atoms with Gasteiger partial charge in [-0.05, 0) is 54.6 Å². The summed E-state index contributed by atoms with van der Waals surface area (Å²) in [5.74, 6) is -1.41. The molecule has 0 spiro atoms. The third-order valence-electron chi connectivity index (χ3n) is 4.44. The zero-order chi connectivity index (χ0) is 24.1. The summed E-state index contributed by atoms with van der Waals surface area (Å²) < 4.78 is 29.6. The van der Waals surface area contributed by atoms with Crippen LogP contribution in [0.25, 0.3) is 6.08 Å². The highest BCUT2D eigenvalue weighted by molar-refractivity contribution is 8.18. The highest BCUT2D eigenvalue weighted by Gasteiger charge is 2.36. The number of hydrogen-bond acceptors (Lipinski definition) is 7. The van der Waals surface area contributed by atoms with Gasteiger partial charge in [-0.25, -0.2) is 9.18 Å². The van der Waals surface area contributed by atoms with Crippen LogP contribution in [0.3, 0.4) is 0 Å². The molecule has 0 aromatic heterocycles. The number of carbonyl (C=O) groups is 3. The highest BCUT2D eigenvalue weighted by Crippen LogP contribution is 2.39. The summed E-state index contributed by atoms with van der Waals surface area (Å²) in [4.78, 5) is 37.7. The van der Waals surface area contributed by atoms with Gasteiger partial charge in [0.25, 0.3) is 11.1 Å². The number of benzene rings is 2. The fourth-order valence-corrected chi connectivity index (χ4v) is 4.23. The zero-order valence-corrected chi connectivity index (χ0v) is 19.9.